The number of amides is 1. The van der Waals surface area contributed by atoms with Crippen LogP contribution in [0.2, 0.25) is 5.02 Å². The van der Waals surface area contributed by atoms with Crippen molar-refractivity contribution in [1.29, 1.82) is 0 Å². The lowest BCUT2D eigenvalue weighted by Crippen LogP contribution is -2.42. The average molecular weight is 437 g/mol. The Labute approximate surface area is 185 Å². The minimum absolute atomic E-state index is 0.323. The van der Waals surface area contributed by atoms with Gasteiger partial charge in [0.05, 0.1) is 24.4 Å². The highest BCUT2D eigenvalue weighted by atomic mass is 35.5. The highest BCUT2D eigenvalue weighted by Crippen LogP contribution is 2.40. The summed E-state index contributed by atoms with van der Waals surface area (Å²) in [6.07, 6.45) is 2.37. The second kappa shape index (κ2) is 8.78. The minimum Gasteiger partial charge on any atom is -0.496 e. The Morgan fingerprint density at radius 1 is 1.06 bits per heavy atom. The smallest absolute Gasteiger partial charge is 0.326 e. The SMILES string of the molecule is COc1ccccc1-c1ccc(C(=O)N2[C@@H](c3ccccc3Cl)CC[C@H]2C(=O)O)cn1. The number of carboxylic acids is 1. The summed E-state index contributed by atoms with van der Waals surface area (Å²) in [5, 5.41) is 10.2. The second-order valence-electron chi connectivity index (χ2n) is 7.31. The molecule has 0 bridgehead atoms. The molecule has 158 valence electrons. The number of hydrogen-bond donors (Lipinski definition) is 1. The number of ether oxygens (including phenoxy) is 1. The first-order valence-corrected chi connectivity index (χ1v) is 10.3. The number of rotatable bonds is 5. The van der Waals surface area contributed by atoms with Gasteiger partial charge in [-0.05, 0) is 48.7 Å². The summed E-state index contributed by atoms with van der Waals surface area (Å²) >= 11 is 6.36. The molecule has 0 radical (unpaired) electrons. The number of nitrogens with zero attached hydrogens (tertiary/aromatic N) is 2. The lowest BCUT2D eigenvalue weighted by Gasteiger charge is -2.29. The van der Waals surface area contributed by atoms with Crippen LogP contribution in [0.3, 0.4) is 0 Å². The van der Waals surface area contributed by atoms with E-state index in [1.54, 1.807) is 25.3 Å². The first kappa shape index (κ1) is 20.9. The normalized spacial score (nSPS) is 18.1. The van der Waals surface area contributed by atoms with E-state index in [0.717, 1.165) is 11.1 Å². The zero-order valence-corrected chi connectivity index (χ0v) is 17.6. The van der Waals surface area contributed by atoms with Crippen molar-refractivity contribution in [3.05, 3.63) is 83.0 Å². The fourth-order valence-electron chi connectivity index (χ4n) is 4.07. The molecule has 4 rings (SSSR count). The topological polar surface area (TPSA) is 79.7 Å². The molecule has 31 heavy (non-hydrogen) atoms. The third kappa shape index (κ3) is 3.99. The molecule has 1 aliphatic rings. The molecule has 2 heterocycles. The van der Waals surface area contributed by atoms with E-state index in [-0.39, 0.29) is 5.91 Å². The quantitative estimate of drug-likeness (QED) is 0.619. The molecular weight excluding hydrogens is 416 g/mol. The molecule has 1 N–H and O–H groups in total. The third-order valence-corrected chi connectivity index (χ3v) is 5.91. The number of benzene rings is 2. The van der Waals surface area contributed by atoms with Gasteiger partial charge in [0.15, 0.2) is 0 Å². The van der Waals surface area contributed by atoms with Gasteiger partial charge >= 0.3 is 5.97 Å². The number of carboxylic acid groups (broad SMARTS) is 1. The molecule has 0 aliphatic carbocycles. The van der Waals surface area contributed by atoms with E-state index in [1.165, 1.54) is 11.1 Å². The van der Waals surface area contributed by atoms with Crippen LogP contribution in [0.5, 0.6) is 5.75 Å². The lowest BCUT2D eigenvalue weighted by atomic mass is 10.0. The zero-order chi connectivity index (χ0) is 22.0. The van der Waals surface area contributed by atoms with Crippen molar-refractivity contribution in [2.75, 3.05) is 7.11 Å². The maximum absolute atomic E-state index is 13.4. The minimum atomic E-state index is -1.03. The molecule has 7 heteroatoms. The fraction of sp³-hybridized carbons (Fsp3) is 0.208. The van der Waals surface area contributed by atoms with E-state index in [2.05, 4.69) is 4.98 Å². The summed E-state index contributed by atoms with van der Waals surface area (Å²) < 4.78 is 5.38. The van der Waals surface area contributed by atoms with Gasteiger partial charge < -0.3 is 14.7 Å². The van der Waals surface area contributed by atoms with Crippen LogP contribution in [0.4, 0.5) is 0 Å². The Balaban J connectivity index is 1.67. The summed E-state index contributed by atoms with van der Waals surface area (Å²) in [6, 6.07) is 16.8. The number of para-hydroxylation sites is 1. The van der Waals surface area contributed by atoms with Crippen LogP contribution >= 0.6 is 11.6 Å². The summed E-state index contributed by atoms with van der Waals surface area (Å²) in [4.78, 5) is 31.1. The Hall–Kier alpha value is -3.38. The van der Waals surface area contributed by atoms with E-state index in [0.29, 0.717) is 34.9 Å². The molecule has 1 aliphatic heterocycles. The van der Waals surface area contributed by atoms with Crippen LogP contribution in [0.25, 0.3) is 11.3 Å². The molecule has 1 fully saturated rings. The number of halogens is 1. The number of pyridine rings is 1. The second-order valence-corrected chi connectivity index (χ2v) is 7.72. The van der Waals surface area contributed by atoms with Crippen molar-refractivity contribution in [1.82, 2.24) is 9.88 Å². The first-order valence-electron chi connectivity index (χ1n) is 9.90. The summed E-state index contributed by atoms with van der Waals surface area (Å²) in [6.45, 7) is 0. The fourth-order valence-corrected chi connectivity index (χ4v) is 4.33. The predicted octanol–water partition coefficient (Wildman–Crippen LogP) is 4.84. The van der Waals surface area contributed by atoms with Gasteiger partial charge in [-0.3, -0.25) is 9.78 Å². The Morgan fingerprint density at radius 3 is 2.48 bits per heavy atom. The van der Waals surface area contributed by atoms with E-state index >= 15 is 0 Å². The van der Waals surface area contributed by atoms with Gasteiger partial charge in [0, 0.05) is 16.8 Å². The molecule has 1 amide bonds. The van der Waals surface area contributed by atoms with Crippen molar-refractivity contribution in [2.24, 2.45) is 0 Å². The van der Waals surface area contributed by atoms with Gasteiger partial charge in [-0.15, -0.1) is 0 Å². The average Bonchev–Trinajstić information content (AvgIpc) is 3.24. The maximum Gasteiger partial charge on any atom is 0.326 e. The van der Waals surface area contributed by atoms with Crippen LogP contribution in [0.1, 0.15) is 34.8 Å². The summed E-state index contributed by atoms with van der Waals surface area (Å²) in [5.74, 6) is -0.728. The lowest BCUT2D eigenvalue weighted by molar-refractivity contribution is -0.141. The van der Waals surface area contributed by atoms with Crippen molar-refractivity contribution in [3.8, 4) is 17.0 Å². The Kier molecular flexibility index (Phi) is 5.91. The Bertz CT molecular complexity index is 1120. The van der Waals surface area contributed by atoms with Crippen LogP contribution in [-0.4, -0.2) is 40.0 Å². The Morgan fingerprint density at radius 2 is 1.81 bits per heavy atom. The predicted molar refractivity (Wildman–Crippen MR) is 117 cm³/mol. The van der Waals surface area contributed by atoms with Gasteiger partial charge in [-0.25, -0.2) is 4.79 Å². The molecule has 3 aromatic rings. The molecule has 6 nitrogen and oxygen atoms in total. The summed E-state index contributed by atoms with van der Waals surface area (Å²) in [5.41, 5.74) is 2.54. The number of carbonyl (C=O) groups is 2. The molecule has 1 saturated heterocycles. The molecule has 2 atom stereocenters. The molecule has 0 unspecified atom stereocenters. The van der Waals surface area contributed by atoms with Crippen molar-refractivity contribution in [3.63, 3.8) is 0 Å². The highest BCUT2D eigenvalue weighted by Gasteiger charge is 2.42. The molecule has 0 spiro atoms. The van der Waals surface area contributed by atoms with Crippen molar-refractivity contribution >= 4 is 23.5 Å². The standard InChI is InChI=1S/C24H21ClN2O4/c1-31-22-9-5-3-7-17(22)19-11-10-15(14-26-19)23(28)27-20(12-13-21(27)24(29)30)16-6-2-4-8-18(16)25/h2-11,14,20-21H,12-13H2,1H3,(H,29,30)/t20-,21+/m1/s1. The highest BCUT2D eigenvalue weighted by molar-refractivity contribution is 6.31. The van der Waals surface area contributed by atoms with E-state index in [9.17, 15) is 14.7 Å². The number of aliphatic carboxylic acids is 1. The molecular formula is C24H21ClN2O4. The van der Waals surface area contributed by atoms with E-state index < -0.39 is 18.1 Å². The number of likely N-dealkylation sites (tertiary alicyclic amines) is 1. The monoisotopic (exact) mass is 436 g/mol. The van der Waals surface area contributed by atoms with Gasteiger partial charge in [-0.2, -0.15) is 0 Å². The third-order valence-electron chi connectivity index (χ3n) is 5.56. The number of methoxy groups -OCH3 is 1. The van der Waals surface area contributed by atoms with Crippen LogP contribution in [0, 0.1) is 0 Å². The van der Waals surface area contributed by atoms with Crippen LogP contribution in [-0.2, 0) is 4.79 Å². The van der Waals surface area contributed by atoms with E-state index in [1.807, 2.05) is 42.5 Å². The number of aromatic nitrogens is 1. The van der Waals surface area contributed by atoms with Crippen LogP contribution < -0.4 is 4.74 Å². The number of carbonyl (C=O) groups excluding carboxylic acids is 1. The van der Waals surface area contributed by atoms with Crippen molar-refractivity contribution in [2.45, 2.75) is 24.9 Å². The molecule has 1 aromatic heterocycles. The largest absolute Gasteiger partial charge is 0.496 e. The first-order chi connectivity index (χ1) is 15.0. The van der Waals surface area contributed by atoms with Gasteiger partial charge in [-0.1, -0.05) is 41.9 Å². The van der Waals surface area contributed by atoms with Gasteiger partial charge in [0.1, 0.15) is 11.8 Å². The maximum atomic E-state index is 13.4. The van der Waals surface area contributed by atoms with Crippen LogP contribution in [0.15, 0.2) is 66.9 Å². The number of hydrogen-bond acceptors (Lipinski definition) is 4. The van der Waals surface area contributed by atoms with Crippen molar-refractivity contribution < 1.29 is 19.4 Å². The summed E-state index contributed by atoms with van der Waals surface area (Å²) in [7, 11) is 1.59. The zero-order valence-electron chi connectivity index (χ0n) is 16.9. The molecule has 2 aromatic carbocycles. The molecule has 0 saturated carbocycles. The van der Waals surface area contributed by atoms with Gasteiger partial charge in [0.25, 0.3) is 5.91 Å². The van der Waals surface area contributed by atoms with Gasteiger partial charge in [0.2, 0.25) is 0 Å². The van der Waals surface area contributed by atoms with E-state index in [4.69, 9.17) is 16.3 Å².